The Bertz CT molecular complexity index is 1350. The lowest BCUT2D eigenvalue weighted by Gasteiger charge is -2.14. The summed E-state index contributed by atoms with van der Waals surface area (Å²) < 4.78 is 6.97. The van der Waals surface area contributed by atoms with Gasteiger partial charge in [-0.2, -0.15) is 5.10 Å². The SMILES string of the molecule is Cc1cc(-c2c(C)noc2C)ccc1-n1ccc(=O)c(/C(=C/C=N)Nc2ccccc2)n1. The summed E-state index contributed by atoms with van der Waals surface area (Å²) in [5.41, 5.74) is 5.92. The Morgan fingerprint density at radius 1 is 1.09 bits per heavy atom. The summed E-state index contributed by atoms with van der Waals surface area (Å²) in [6.07, 6.45) is 4.30. The van der Waals surface area contributed by atoms with Gasteiger partial charge in [0.15, 0.2) is 5.69 Å². The van der Waals surface area contributed by atoms with E-state index in [1.807, 2.05) is 63.2 Å². The van der Waals surface area contributed by atoms with Crippen LogP contribution >= 0.6 is 0 Å². The molecule has 0 saturated carbocycles. The number of aromatic nitrogens is 3. The molecular weight excluding hydrogens is 402 g/mol. The molecule has 2 N–H and O–H groups in total. The third-order valence-corrected chi connectivity index (χ3v) is 5.13. The molecule has 2 aromatic heterocycles. The second-order valence-electron chi connectivity index (χ2n) is 7.41. The maximum absolute atomic E-state index is 12.6. The van der Waals surface area contributed by atoms with Crippen LogP contribution in [0, 0.1) is 26.2 Å². The second kappa shape index (κ2) is 8.85. The monoisotopic (exact) mass is 425 g/mol. The van der Waals surface area contributed by atoms with E-state index in [0.29, 0.717) is 5.70 Å². The number of rotatable bonds is 6. The number of hydrogen-bond donors (Lipinski definition) is 2. The van der Waals surface area contributed by atoms with Gasteiger partial charge in [0.05, 0.1) is 17.1 Å². The van der Waals surface area contributed by atoms with Crippen LogP contribution in [0.3, 0.4) is 0 Å². The topological polar surface area (TPSA) is 96.8 Å². The quantitative estimate of drug-likeness (QED) is 0.428. The van der Waals surface area contributed by atoms with Crippen LogP contribution < -0.4 is 10.7 Å². The molecule has 32 heavy (non-hydrogen) atoms. The lowest BCUT2D eigenvalue weighted by atomic mass is 10.0. The lowest BCUT2D eigenvalue weighted by Crippen LogP contribution is -2.18. The fourth-order valence-electron chi connectivity index (χ4n) is 3.63. The molecule has 7 heteroatoms. The maximum atomic E-state index is 12.6. The van der Waals surface area contributed by atoms with E-state index in [-0.39, 0.29) is 11.1 Å². The number of benzene rings is 2. The Morgan fingerprint density at radius 2 is 1.88 bits per heavy atom. The average Bonchev–Trinajstić information content (AvgIpc) is 3.12. The Kier molecular flexibility index (Phi) is 5.81. The fraction of sp³-hybridized carbons (Fsp3) is 0.120. The van der Waals surface area contributed by atoms with E-state index in [4.69, 9.17) is 9.93 Å². The zero-order valence-electron chi connectivity index (χ0n) is 18.1. The molecule has 4 rings (SSSR count). The van der Waals surface area contributed by atoms with E-state index in [9.17, 15) is 4.79 Å². The highest BCUT2D eigenvalue weighted by molar-refractivity contribution is 5.86. The highest BCUT2D eigenvalue weighted by atomic mass is 16.5. The number of nitrogens with zero attached hydrogens (tertiary/aromatic N) is 3. The molecule has 2 aromatic carbocycles. The molecule has 0 atom stereocenters. The summed E-state index contributed by atoms with van der Waals surface area (Å²) in [6.45, 7) is 5.81. The number of aryl methyl sites for hydroxylation is 3. The van der Waals surface area contributed by atoms with Gasteiger partial charge in [-0.25, -0.2) is 4.68 Å². The number of hydrogen-bond acceptors (Lipinski definition) is 6. The third kappa shape index (κ3) is 4.13. The van der Waals surface area contributed by atoms with Gasteiger partial charge in [-0.3, -0.25) is 4.79 Å². The molecule has 0 aliphatic rings. The summed E-state index contributed by atoms with van der Waals surface area (Å²) in [5, 5.41) is 19.3. The maximum Gasteiger partial charge on any atom is 0.209 e. The molecule has 0 aliphatic heterocycles. The highest BCUT2D eigenvalue weighted by Crippen LogP contribution is 2.29. The molecule has 0 saturated heterocycles. The van der Waals surface area contributed by atoms with Gasteiger partial charge in [0.1, 0.15) is 5.76 Å². The van der Waals surface area contributed by atoms with Crippen LogP contribution in [-0.4, -0.2) is 21.2 Å². The van der Waals surface area contributed by atoms with Gasteiger partial charge in [-0.05, 0) is 62.2 Å². The highest BCUT2D eigenvalue weighted by Gasteiger charge is 2.14. The van der Waals surface area contributed by atoms with Crippen molar-refractivity contribution in [2.24, 2.45) is 0 Å². The van der Waals surface area contributed by atoms with Gasteiger partial charge in [0.2, 0.25) is 5.43 Å². The average molecular weight is 425 g/mol. The molecule has 0 radical (unpaired) electrons. The van der Waals surface area contributed by atoms with E-state index in [1.165, 1.54) is 12.1 Å². The van der Waals surface area contributed by atoms with Crippen LogP contribution in [0.25, 0.3) is 22.5 Å². The summed E-state index contributed by atoms with van der Waals surface area (Å²) in [5.74, 6) is 0.770. The van der Waals surface area contributed by atoms with Crippen LogP contribution in [-0.2, 0) is 0 Å². The summed E-state index contributed by atoms with van der Waals surface area (Å²) in [4.78, 5) is 12.6. The molecule has 0 bridgehead atoms. The molecule has 0 spiro atoms. The molecule has 0 aliphatic carbocycles. The van der Waals surface area contributed by atoms with Gasteiger partial charge >= 0.3 is 0 Å². The van der Waals surface area contributed by atoms with Crippen molar-refractivity contribution in [3.8, 4) is 16.8 Å². The normalized spacial score (nSPS) is 11.4. The van der Waals surface area contributed by atoms with Crippen LogP contribution in [0.15, 0.2) is 76.2 Å². The van der Waals surface area contributed by atoms with Crippen LogP contribution in [0.4, 0.5) is 5.69 Å². The van der Waals surface area contributed by atoms with E-state index >= 15 is 0 Å². The summed E-state index contributed by atoms with van der Waals surface area (Å²) in [7, 11) is 0. The fourth-order valence-corrected chi connectivity index (χ4v) is 3.63. The molecular formula is C25H23N5O2. The van der Waals surface area contributed by atoms with Crippen molar-refractivity contribution in [1.29, 1.82) is 5.41 Å². The molecule has 2 heterocycles. The van der Waals surface area contributed by atoms with E-state index in [2.05, 4.69) is 21.6 Å². The van der Waals surface area contributed by atoms with Crippen LogP contribution in [0.5, 0.6) is 0 Å². The molecule has 4 aromatic rings. The van der Waals surface area contributed by atoms with E-state index < -0.39 is 0 Å². The first-order chi connectivity index (χ1) is 15.5. The zero-order chi connectivity index (χ0) is 22.7. The van der Waals surface area contributed by atoms with Crippen LogP contribution in [0.1, 0.15) is 22.7 Å². The number of anilines is 1. The lowest BCUT2D eigenvalue weighted by molar-refractivity contribution is 0.393. The minimum atomic E-state index is -0.234. The van der Waals surface area contributed by atoms with Gasteiger partial charge in [0, 0.05) is 29.7 Å². The predicted molar refractivity (Wildman–Crippen MR) is 126 cm³/mol. The Balaban J connectivity index is 1.74. The van der Waals surface area contributed by atoms with Gasteiger partial charge < -0.3 is 15.2 Å². The van der Waals surface area contributed by atoms with Crippen LogP contribution in [0.2, 0.25) is 0 Å². The summed E-state index contributed by atoms with van der Waals surface area (Å²) in [6, 6.07) is 17.0. The van der Waals surface area contributed by atoms with Crippen molar-refractivity contribution in [3.63, 3.8) is 0 Å². The number of nitrogens with one attached hydrogen (secondary N) is 2. The minimum Gasteiger partial charge on any atom is -0.361 e. The molecule has 0 fully saturated rings. The molecule has 160 valence electrons. The van der Waals surface area contributed by atoms with Crippen molar-refractivity contribution < 1.29 is 4.52 Å². The standard InChI is InChI=1S/C25H23N5O2/c1-16-15-19(24-17(2)29-32-18(24)3)9-10-22(16)30-14-12-23(31)25(28-30)21(11-13-26)27-20-7-5-4-6-8-20/h4-15,26-27H,1-3H3/b21-11-,26-13?. The Labute approximate surface area is 185 Å². The van der Waals surface area contributed by atoms with Crippen molar-refractivity contribution >= 4 is 17.6 Å². The Morgan fingerprint density at radius 3 is 2.53 bits per heavy atom. The van der Waals surface area contributed by atoms with Crippen molar-refractivity contribution in [2.45, 2.75) is 20.8 Å². The zero-order valence-corrected chi connectivity index (χ0v) is 18.1. The minimum absolute atomic E-state index is 0.231. The van der Waals surface area contributed by atoms with Crippen molar-refractivity contribution in [1.82, 2.24) is 14.9 Å². The van der Waals surface area contributed by atoms with Gasteiger partial charge in [-0.1, -0.05) is 29.4 Å². The molecule has 0 unspecified atom stereocenters. The largest absolute Gasteiger partial charge is 0.361 e. The Hall–Kier alpha value is -4.26. The second-order valence-corrected chi connectivity index (χ2v) is 7.41. The number of para-hydroxylation sites is 1. The van der Waals surface area contributed by atoms with Crippen molar-refractivity contribution in [2.75, 3.05) is 5.32 Å². The first-order valence-electron chi connectivity index (χ1n) is 10.2. The smallest absolute Gasteiger partial charge is 0.209 e. The van der Waals surface area contributed by atoms with Gasteiger partial charge in [-0.15, -0.1) is 0 Å². The predicted octanol–water partition coefficient (Wildman–Crippen LogP) is 4.92. The third-order valence-electron chi connectivity index (χ3n) is 5.13. The first kappa shape index (κ1) is 21.0. The van der Waals surface area contributed by atoms with Gasteiger partial charge in [0.25, 0.3) is 0 Å². The first-order valence-corrected chi connectivity index (χ1v) is 10.2. The molecule has 7 nitrogen and oxygen atoms in total. The van der Waals surface area contributed by atoms with Crippen molar-refractivity contribution in [3.05, 3.63) is 99.8 Å². The van der Waals surface area contributed by atoms with E-state index in [0.717, 1.165) is 45.7 Å². The number of allylic oxidation sites excluding steroid dienone is 1. The summed E-state index contributed by atoms with van der Waals surface area (Å²) >= 11 is 0. The molecule has 0 amide bonds. The van der Waals surface area contributed by atoms with E-state index in [1.54, 1.807) is 10.9 Å².